The van der Waals surface area contributed by atoms with Gasteiger partial charge in [-0.1, -0.05) is 76.8 Å². The van der Waals surface area contributed by atoms with E-state index >= 15 is 0 Å². The van der Waals surface area contributed by atoms with Crippen LogP contribution in [0.5, 0.6) is 0 Å². The van der Waals surface area contributed by atoms with Crippen LogP contribution in [-0.4, -0.2) is 23.8 Å². The summed E-state index contributed by atoms with van der Waals surface area (Å²) in [6, 6.07) is 10.4. The summed E-state index contributed by atoms with van der Waals surface area (Å²) >= 11 is 0. The number of hydrogen-bond acceptors (Lipinski definition) is 2. The lowest BCUT2D eigenvalue weighted by atomic mass is 9.94. The lowest BCUT2D eigenvalue weighted by Gasteiger charge is -2.30. The van der Waals surface area contributed by atoms with E-state index in [0.29, 0.717) is 11.7 Å². The Morgan fingerprint density at radius 2 is 1.68 bits per heavy atom. The van der Waals surface area contributed by atoms with Gasteiger partial charge in [0.15, 0.2) is 0 Å². The van der Waals surface area contributed by atoms with E-state index in [-0.39, 0.29) is 6.04 Å². The molecule has 0 aliphatic rings. The van der Waals surface area contributed by atoms with Gasteiger partial charge >= 0.3 is 0 Å². The molecule has 2 heteroatoms. The Kier molecular flexibility index (Phi) is 9.07. The number of unbranched alkanes of at least 4 members (excludes halogenated alkanes) is 4. The van der Waals surface area contributed by atoms with Gasteiger partial charge in [-0.25, -0.2) is 0 Å². The maximum absolute atomic E-state index is 12.6. The molecule has 0 radical (unpaired) electrons. The molecule has 0 bridgehead atoms. The summed E-state index contributed by atoms with van der Waals surface area (Å²) in [4.78, 5) is 14.8. The molecule has 0 spiro atoms. The van der Waals surface area contributed by atoms with Crippen LogP contribution < -0.4 is 0 Å². The molecule has 0 heterocycles. The molecule has 0 aliphatic carbocycles. The van der Waals surface area contributed by atoms with Crippen LogP contribution in [0.1, 0.15) is 64.9 Å². The molecule has 0 saturated carbocycles. The van der Waals surface area contributed by atoms with E-state index in [1.165, 1.54) is 31.2 Å². The van der Waals surface area contributed by atoms with Crippen molar-refractivity contribution in [2.24, 2.45) is 5.92 Å². The molecule has 1 rings (SSSR count). The third kappa shape index (κ3) is 6.74. The summed E-state index contributed by atoms with van der Waals surface area (Å²) in [5.41, 5.74) is 1.27. The largest absolute Gasteiger partial charge is 0.298 e. The van der Waals surface area contributed by atoms with Gasteiger partial charge in [0.05, 0.1) is 6.04 Å². The number of carbonyl (C=O) groups is 1. The zero-order valence-electron chi connectivity index (χ0n) is 14.8. The second-order valence-electron chi connectivity index (χ2n) is 6.72. The number of nitrogens with zero attached hydrogens (tertiary/aromatic N) is 1. The number of likely N-dealkylation sites (N-methyl/N-ethyl adjacent to an activating group) is 1. The van der Waals surface area contributed by atoms with Crippen LogP contribution in [0, 0.1) is 5.92 Å². The van der Waals surface area contributed by atoms with Gasteiger partial charge in [-0.15, -0.1) is 0 Å². The van der Waals surface area contributed by atoms with Crippen molar-refractivity contribution in [1.29, 1.82) is 0 Å². The van der Waals surface area contributed by atoms with Crippen LogP contribution >= 0.6 is 0 Å². The Morgan fingerprint density at radius 1 is 1.05 bits per heavy atom. The first-order chi connectivity index (χ1) is 10.6. The maximum Gasteiger partial charge on any atom is 0.150 e. The van der Waals surface area contributed by atoms with Crippen LogP contribution in [0.3, 0.4) is 0 Å². The number of rotatable bonds is 11. The molecule has 0 aromatic heterocycles. The van der Waals surface area contributed by atoms with Crippen molar-refractivity contribution in [3.63, 3.8) is 0 Å². The summed E-state index contributed by atoms with van der Waals surface area (Å²) in [7, 11) is 2.08. The van der Waals surface area contributed by atoms with Gasteiger partial charge in [-0.2, -0.15) is 0 Å². The van der Waals surface area contributed by atoms with Crippen LogP contribution in [0.4, 0.5) is 0 Å². The SMILES string of the molecule is CCCCCCCC(=O)C(C(C)C)N(C)Cc1ccccc1. The molecule has 0 N–H and O–H groups in total. The predicted octanol–water partition coefficient (Wildman–Crippen LogP) is 5.07. The molecular formula is C20H33NO. The number of hydrogen-bond donors (Lipinski definition) is 0. The standard InChI is InChI=1S/C20H33NO/c1-5-6-7-8-12-15-19(22)20(17(2)3)21(4)16-18-13-10-9-11-14-18/h9-11,13-14,17,20H,5-8,12,15-16H2,1-4H3. The van der Waals surface area contributed by atoms with Gasteiger partial charge in [-0.3, -0.25) is 9.69 Å². The molecule has 2 nitrogen and oxygen atoms in total. The monoisotopic (exact) mass is 303 g/mol. The third-order valence-corrected chi connectivity index (χ3v) is 4.24. The summed E-state index contributed by atoms with van der Waals surface area (Å²) < 4.78 is 0. The molecule has 22 heavy (non-hydrogen) atoms. The van der Waals surface area contributed by atoms with Crippen molar-refractivity contribution >= 4 is 5.78 Å². The van der Waals surface area contributed by atoms with Gasteiger partial charge in [0.1, 0.15) is 5.78 Å². The fourth-order valence-corrected chi connectivity index (χ4v) is 3.15. The van der Waals surface area contributed by atoms with Crippen molar-refractivity contribution in [1.82, 2.24) is 4.90 Å². The van der Waals surface area contributed by atoms with E-state index in [1.807, 2.05) is 6.07 Å². The highest BCUT2D eigenvalue weighted by Gasteiger charge is 2.25. The van der Waals surface area contributed by atoms with E-state index in [0.717, 1.165) is 19.4 Å². The molecule has 0 saturated heterocycles. The molecule has 124 valence electrons. The highest BCUT2D eigenvalue weighted by Crippen LogP contribution is 2.17. The Balaban J connectivity index is 2.50. The average Bonchev–Trinajstić information content (AvgIpc) is 2.47. The van der Waals surface area contributed by atoms with Gasteiger partial charge < -0.3 is 0 Å². The molecule has 0 amide bonds. The van der Waals surface area contributed by atoms with Gasteiger partial charge in [-0.05, 0) is 24.9 Å². The smallest absolute Gasteiger partial charge is 0.150 e. The first-order valence-electron chi connectivity index (χ1n) is 8.83. The van der Waals surface area contributed by atoms with E-state index in [9.17, 15) is 4.79 Å². The summed E-state index contributed by atoms with van der Waals surface area (Å²) in [5.74, 6) is 0.766. The maximum atomic E-state index is 12.6. The predicted molar refractivity (Wildman–Crippen MR) is 94.9 cm³/mol. The highest BCUT2D eigenvalue weighted by atomic mass is 16.1. The number of benzene rings is 1. The van der Waals surface area contributed by atoms with Crippen molar-refractivity contribution in [3.05, 3.63) is 35.9 Å². The van der Waals surface area contributed by atoms with Crippen LogP contribution in [0.15, 0.2) is 30.3 Å². The Hall–Kier alpha value is -1.15. The first-order valence-corrected chi connectivity index (χ1v) is 8.83. The number of Topliss-reactive ketones (excluding diaryl/α,β-unsaturated/α-hetero) is 1. The summed E-state index contributed by atoms with van der Waals surface area (Å²) in [6.45, 7) is 7.37. The van der Waals surface area contributed by atoms with Crippen molar-refractivity contribution in [2.75, 3.05) is 7.05 Å². The minimum absolute atomic E-state index is 0.0337. The van der Waals surface area contributed by atoms with Crippen LogP contribution in [0.25, 0.3) is 0 Å². The minimum Gasteiger partial charge on any atom is -0.298 e. The van der Waals surface area contributed by atoms with Crippen molar-refractivity contribution in [3.8, 4) is 0 Å². The summed E-state index contributed by atoms with van der Waals surface area (Å²) in [6.07, 6.45) is 6.76. The molecule has 1 atom stereocenters. The van der Waals surface area contributed by atoms with E-state index in [2.05, 4.69) is 57.0 Å². The van der Waals surface area contributed by atoms with E-state index < -0.39 is 0 Å². The van der Waals surface area contributed by atoms with Crippen LogP contribution in [-0.2, 0) is 11.3 Å². The average molecular weight is 303 g/mol. The lowest BCUT2D eigenvalue weighted by Crippen LogP contribution is -2.42. The van der Waals surface area contributed by atoms with Gasteiger partial charge in [0.25, 0.3) is 0 Å². The van der Waals surface area contributed by atoms with Crippen LogP contribution in [0.2, 0.25) is 0 Å². The van der Waals surface area contributed by atoms with Crippen molar-refractivity contribution in [2.45, 2.75) is 71.9 Å². The molecule has 1 unspecified atom stereocenters. The molecule has 0 aliphatic heterocycles. The second kappa shape index (κ2) is 10.6. The Labute approximate surface area is 136 Å². The summed E-state index contributed by atoms with van der Waals surface area (Å²) in [5, 5.41) is 0. The normalized spacial score (nSPS) is 12.8. The zero-order valence-corrected chi connectivity index (χ0v) is 14.8. The first kappa shape index (κ1) is 18.9. The van der Waals surface area contributed by atoms with Gasteiger partial charge in [0, 0.05) is 13.0 Å². The highest BCUT2D eigenvalue weighted by molar-refractivity contribution is 5.84. The fourth-order valence-electron chi connectivity index (χ4n) is 3.15. The molecule has 0 fully saturated rings. The number of ketones is 1. The quantitative estimate of drug-likeness (QED) is 0.532. The van der Waals surface area contributed by atoms with Crippen molar-refractivity contribution < 1.29 is 4.79 Å². The number of carbonyl (C=O) groups excluding carboxylic acids is 1. The third-order valence-electron chi connectivity index (χ3n) is 4.24. The molecule has 1 aromatic rings. The topological polar surface area (TPSA) is 20.3 Å². The Morgan fingerprint density at radius 3 is 2.27 bits per heavy atom. The minimum atomic E-state index is 0.0337. The molecular weight excluding hydrogens is 270 g/mol. The fraction of sp³-hybridized carbons (Fsp3) is 0.650. The van der Waals surface area contributed by atoms with E-state index in [4.69, 9.17) is 0 Å². The Bertz CT molecular complexity index is 413. The zero-order chi connectivity index (χ0) is 16.4. The lowest BCUT2D eigenvalue weighted by molar-refractivity contribution is -0.125. The van der Waals surface area contributed by atoms with E-state index in [1.54, 1.807) is 0 Å². The van der Waals surface area contributed by atoms with Gasteiger partial charge in [0.2, 0.25) is 0 Å². The molecule has 1 aromatic carbocycles. The second-order valence-corrected chi connectivity index (χ2v) is 6.72.